The van der Waals surface area contributed by atoms with Crippen molar-refractivity contribution in [2.45, 2.75) is 25.7 Å². The monoisotopic (exact) mass is 339 g/mol. The number of hydrogen-bond donors (Lipinski definition) is 2. The van der Waals surface area contributed by atoms with Crippen molar-refractivity contribution in [3.63, 3.8) is 0 Å². The van der Waals surface area contributed by atoms with E-state index in [0.717, 1.165) is 24.0 Å². The van der Waals surface area contributed by atoms with Crippen LogP contribution in [-0.4, -0.2) is 17.0 Å². The summed E-state index contributed by atoms with van der Waals surface area (Å²) in [6.07, 6.45) is 4.78. The van der Waals surface area contributed by atoms with Crippen molar-refractivity contribution in [3.8, 4) is 5.75 Å². The molecule has 2 N–H and O–H groups in total. The van der Waals surface area contributed by atoms with E-state index in [4.69, 9.17) is 23.2 Å². The first-order valence-corrected chi connectivity index (χ1v) is 7.50. The van der Waals surface area contributed by atoms with Crippen molar-refractivity contribution >= 4 is 44.8 Å². The van der Waals surface area contributed by atoms with E-state index >= 15 is 0 Å². The predicted molar refractivity (Wildman–Crippen MR) is 78.9 cm³/mol. The highest BCUT2D eigenvalue weighted by Gasteiger charge is 2.05. The number of unbranched alkanes of at least 4 members (excludes halogenated alkanes) is 3. The van der Waals surface area contributed by atoms with E-state index in [1.54, 1.807) is 12.1 Å². The second-order valence-electron chi connectivity index (χ2n) is 3.82. The normalized spacial score (nSPS) is 10.5. The molecule has 96 valence electrons. The fourth-order valence-corrected chi connectivity index (χ4v) is 2.36. The summed E-state index contributed by atoms with van der Waals surface area (Å²) in [5.74, 6) is -0.0591. The molecule has 2 nitrogen and oxygen atoms in total. The molecular weight excluding hydrogens is 325 g/mol. The lowest BCUT2D eigenvalue weighted by Gasteiger charge is -2.08. The summed E-state index contributed by atoms with van der Waals surface area (Å²) >= 11 is 15.1. The number of nitrogens with one attached hydrogen (secondary N) is 1. The van der Waals surface area contributed by atoms with Crippen molar-refractivity contribution in [1.29, 1.82) is 0 Å². The van der Waals surface area contributed by atoms with Crippen molar-refractivity contribution in [3.05, 3.63) is 22.2 Å². The Bertz CT molecular complexity index is 337. The molecule has 0 radical (unpaired) electrons. The minimum absolute atomic E-state index is 0.0591. The number of alkyl halides is 1. The molecule has 0 bridgehead atoms. The third kappa shape index (κ3) is 5.36. The molecule has 0 saturated carbocycles. The van der Waals surface area contributed by atoms with Gasteiger partial charge in [-0.2, -0.15) is 0 Å². The molecule has 0 spiro atoms. The number of aromatic hydroxyl groups is 1. The Labute approximate surface area is 120 Å². The molecule has 0 aliphatic carbocycles. The lowest BCUT2D eigenvalue weighted by atomic mass is 10.2. The predicted octanol–water partition coefficient (Wildman–Crippen LogP) is 5.07. The van der Waals surface area contributed by atoms with Gasteiger partial charge in [0.2, 0.25) is 0 Å². The van der Waals surface area contributed by atoms with Gasteiger partial charge in [0.05, 0.1) is 10.0 Å². The highest BCUT2D eigenvalue weighted by molar-refractivity contribution is 9.09. The molecule has 5 heteroatoms. The average Bonchev–Trinajstić information content (AvgIpc) is 2.30. The molecule has 0 aromatic heterocycles. The molecule has 0 saturated heterocycles. The molecular formula is C12H16BrCl2NO. The molecule has 1 rings (SSSR count). The summed E-state index contributed by atoms with van der Waals surface area (Å²) in [5.41, 5.74) is 0.846. The second-order valence-corrected chi connectivity index (χ2v) is 5.43. The third-order valence-electron chi connectivity index (χ3n) is 2.41. The van der Waals surface area contributed by atoms with E-state index in [-0.39, 0.29) is 15.8 Å². The van der Waals surface area contributed by atoms with Gasteiger partial charge in [-0.15, -0.1) is 0 Å². The number of halogens is 3. The number of phenolic OH excluding ortho intramolecular Hbond substituents is 1. The molecule has 0 aliphatic rings. The van der Waals surface area contributed by atoms with Crippen LogP contribution in [0.5, 0.6) is 5.75 Å². The molecule has 1 aromatic carbocycles. The van der Waals surface area contributed by atoms with Gasteiger partial charge in [-0.25, -0.2) is 0 Å². The van der Waals surface area contributed by atoms with Crippen LogP contribution in [0.2, 0.25) is 10.0 Å². The Morgan fingerprint density at radius 3 is 2.24 bits per heavy atom. The molecule has 0 aliphatic heterocycles. The quantitative estimate of drug-likeness (QED) is 0.412. The summed E-state index contributed by atoms with van der Waals surface area (Å²) in [5, 5.41) is 14.3. The Morgan fingerprint density at radius 2 is 1.65 bits per heavy atom. The molecule has 17 heavy (non-hydrogen) atoms. The Kier molecular flexibility index (Phi) is 7.09. The highest BCUT2D eigenvalue weighted by Crippen LogP contribution is 2.34. The van der Waals surface area contributed by atoms with E-state index in [1.807, 2.05) is 0 Å². The summed E-state index contributed by atoms with van der Waals surface area (Å²) in [4.78, 5) is 0. The number of anilines is 1. The van der Waals surface area contributed by atoms with Crippen LogP contribution in [0.3, 0.4) is 0 Å². The van der Waals surface area contributed by atoms with Crippen LogP contribution in [0.25, 0.3) is 0 Å². The van der Waals surface area contributed by atoms with E-state index in [0.29, 0.717) is 0 Å². The lowest BCUT2D eigenvalue weighted by Crippen LogP contribution is -2.01. The summed E-state index contributed by atoms with van der Waals surface area (Å²) in [7, 11) is 0. The molecule has 0 fully saturated rings. The zero-order chi connectivity index (χ0) is 12.7. The van der Waals surface area contributed by atoms with Gasteiger partial charge in [0.15, 0.2) is 5.75 Å². The van der Waals surface area contributed by atoms with Crippen LogP contribution in [0.4, 0.5) is 5.69 Å². The zero-order valence-electron chi connectivity index (χ0n) is 9.48. The lowest BCUT2D eigenvalue weighted by molar-refractivity contribution is 0.476. The van der Waals surface area contributed by atoms with E-state index in [2.05, 4.69) is 21.2 Å². The third-order valence-corrected chi connectivity index (χ3v) is 3.54. The number of hydrogen-bond acceptors (Lipinski definition) is 2. The number of phenols is 1. The molecule has 0 unspecified atom stereocenters. The minimum atomic E-state index is -0.0591. The van der Waals surface area contributed by atoms with Crippen LogP contribution < -0.4 is 5.32 Å². The van der Waals surface area contributed by atoms with Crippen LogP contribution >= 0.6 is 39.1 Å². The van der Waals surface area contributed by atoms with Crippen LogP contribution in [0, 0.1) is 0 Å². The van der Waals surface area contributed by atoms with Gasteiger partial charge in [0, 0.05) is 17.6 Å². The van der Waals surface area contributed by atoms with Crippen LogP contribution in [-0.2, 0) is 0 Å². The van der Waals surface area contributed by atoms with Crippen molar-refractivity contribution in [2.24, 2.45) is 0 Å². The molecule has 0 amide bonds. The molecule has 0 atom stereocenters. The molecule has 0 heterocycles. The average molecular weight is 341 g/mol. The van der Waals surface area contributed by atoms with Gasteiger partial charge in [-0.3, -0.25) is 0 Å². The first-order chi connectivity index (χ1) is 8.15. The van der Waals surface area contributed by atoms with Crippen molar-refractivity contribution in [1.82, 2.24) is 0 Å². The maximum Gasteiger partial charge on any atom is 0.152 e. The van der Waals surface area contributed by atoms with Gasteiger partial charge in [-0.1, -0.05) is 52.0 Å². The van der Waals surface area contributed by atoms with Crippen molar-refractivity contribution < 1.29 is 5.11 Å². The van der Waals surface area contributed by atoms with Crippen molar-refractivity contribution in [2.75, 3.05) is 17.2 Å². The zero-order valence-corrected chi connectivity index (χ0v) is 12.6. The number of rotatable bonds is 7. The van der Waals surface area contributed by atoms with E-state index < -0.39 is 0 Å². The Hall–Kier alpha value is -0.120. The standard InChI is InChI=1S/C12H16BrCl2NO/c13-5-3-1-2-4-6-16-9-7-10(14)12(17)11(15)8-9/h7-8,16-17H,1-6H2. The van der Waals surface area contributed by atoms with Gasteiger partial charge < -0.3 is 10.4 Å². The maximum atomic E-state index is 9.40. The van der Waals surface area contributed by atoms with Crippen LogP contribution in [0.1, 0.15) is 25.7 Å². The first-order valence-electron chi connectivity index (χ1n) is 5.63. The van der Waals surface area contributed by atoms with Gasteiger partial charge in [0.1, 0.15) is 0 Å². The van der Waals surface area contributed by atoms with Gasteiger partial charge in [0.25, 0.3) is 0 Å². The summed E-state index contributed by atoms with van der Waals surface area (Å²) < 4.78 is 0. The smallest absolute Gasteiger partial charge is 0.152 e. The fraction of sp³-hybridized carbons (Fsp3) is 0.500. The number of benzene rings is 1. The summed E-state index contributed by atoms with van der Waals surface area (Å²) in [6, 6.07) is 3.36. The minimum Gasteiger partial charge on any atom is -0.505 e. The summed E-state index contributed by atoms with van der Waals surface area (Å²) in [6.45, 7) is 0.889. The maximum absolute atomic E-state index is 9.40. The Balaban J connectivity index is 2.32. The first kappa shape index (κ1) is 14.9. The van der Waals surface area contributed by atoms with E-state index in [1.165, 1.54) is 19.3 Å². The van der Waals surface area contributed by atoms with Gasteiger partial charge >= 0.3 is 0 Å². The second kappa shape index (κ2) is 8.06. The van der Waals surface area contributed by atoms with Crippen LogP contribution in [0.15, 0.2) is 12.1 Å². The van der Waals surface area contributed by atoms with Gasteiger partial charge in [-0.05, 0) is 25.0 Å². The highest BCUT2D eigenvalue weighted by atomic mass is 79.9. The SMILES string of the molecule is Oc1c(Cl)cc(NCCCCCCBr)cc1Cl. The Morgan fingerprint density at radius 1 is 1.06 bits per heavy atom. The fourth-order valence-electron chi connectivity index (χ4n) is 1.47. The largest absolute Gasteiger partial charge is 0.505 e. The van der Waals surface area contributed by atoms with E-state index in [9.17, 15) is 5.11 Å². The topological polar surface area (TPSA) is 32.3 Å². The molecule has 1 aromatic rings.